The lowest BCUT2D eigenvalue weighted by atomic mass is 9.46. The van der Waals surface area contributed by atoms with Crippen LogP contribution in [0.5, 0.6) is 0 Å². The maximum Gasteiger partial charge on any atom is 0.161 e. The lowest BCUT2D eigenvalue weighted by Gasteiger charge is -2.56. The fourth-order valence-corrected chi connectivity index (χ4v) is 4.70. The molecule has 5 nitrogen and oxygen atoms in total. The van der Waals surface area contributed by atoms with Crippen molar-refractivity contribution < 1.29 is 24.2 Å². The van der Waals surface area contributed by atoms with Gasteiger partial charge in [0.2, 0.25) is 0 Å². The number of ether oxygens (including phenoxy) is 2. The van der Waals surface area contributed by atoms with Crippen LogP contribution in [0.15, 0.2) is 12.2 Å². The fourth-order valence-electron chi connectivity index (χ4n) is 4.70. The standard InChI is InChI=1S/C19H30O5/c1-13-14(11-20)19(7-5-9-24-12-23-4)8-6-17(22)18(2,3)16(19)10-15(13)21/h6,8,13-14,16,20H,5,7,9-12H2,1-4H3/t13?,14-,16-,19-/m0/s1. The van der Waals surface area contributed by atoms with E-state index in [1.165, 1.54) is 0 Å². The molecule has 2 aliphatic carbocycles. The molecule has 0 aliphatic heterocycles. The maximum atomic E-state index is 12.5. The van der Waals surface area contributed by atoms with Gasteiger partial charge in [-0.2, -0.15) is 0 Å². The first-order valence-electron chi connectivity index (χ1n) is 8.75. The van der Waals surface area contributed by atoms with Crippen molar-refractivity contribution in [3.8, 4) is 0 Å². The number of carbonyl (C=O) groups is 2. The molecular formula is C19H30O5. The highest BCUT2D eigenvalue weighted by atomic mass is 16.7. The molecule has 24 heavy (non-hydrogen) atoms. The first-order valence-corrected chi connectivity index (χ1v) is 8.75. The highest BCUT2D eigenvalue weighted by Gasteiger charge is 2.58. The van der Waals surface area contributed by atoms with Gasteiger partial charge in [-0.05, 0) is 30.3 Å². The average Bonchev–Trinajstić information content (AvgIpc) is 2.54. The topological polar surface area (TPSA) is 72.8 Å². The Morgan fingerprint density at radius 1 is 1.33 bits per heavy atom. The maximum absolute atomic E-state index is 12.5. The molecule has 4 atom stereocenters. The Bertz CT molecular complexity index is 510. The number of allylic oxidation sites excluding steroid dienone is 2. The van der Waals surface area contributed by atoms with Crippen LogP contribution < -0.4 is 0 Å². The Kier molecular flexibility index (Phi) is 6.00. The van der Waals surface area contributed by atoms with Crippen LogP contribution >= 0.6 is 0 Å². The van der Waals surface area contributed by atoms with Gasteiger partial charge in [0.25, 0.3) is 0 Å². The molecule has 5 heteroatoms. The summed E-state index contributed by atoms with van der Waals surface area (Å²) in [6.45, 7) is 6.53. The van der Waals surface area contributed by atoms with Crippen LogP contribution in [-0.4, -0.2) is 43.8 Å². The summed E-state index contributed by atoms with van der Waals surface area (Å²) in [5.74, 6) is -0.209. The molecule has 0 bridgehead atoms. The van der Waals surface area contributed by atoms with Crippen molar-refractivity contribution in [1.29, 1.82) is 0 Å². The molecule has 0 aromatic carbocycles. The van der Waals surface area contributed by atoms with Gasteiger partial charge in [0.15, 0.2) is 5.78 Å². The number of carbonyl (C=O) groups excluding carboxylic acids is 2. The van der Waals surface area contributed by atoms with Gasteiger partial charge in [-0.3, -0.25) is 9.59 Å². The molecule has 136 valence electrons. The SMILES string of the molecule is COCOCCC[C@@]12C=CC(=O)C(C)(C)[C@@H]1CC(=O)C(C)[C@@H]2CO. The van der Waals surface area contributed by atoms with Gasteiger partial charge >= 0.3 is 0 Å². The van der Waals surface area contributed by atoms with Crippen LogP contribution in [0.4, 0.5) is 0 Å². The minimum atomic E-state index is -0.592. The number of aliphatic hydroxyl groups excluding tert-OH is 1. The predicted octanol–water partition coefficient (Wildman–Crippen LogP) is 2.37. The van der Waals surface area contributed by atoms with Crippen molar-refractivity contribution >= 4 is 11.6 Å². The van der Waals surface area contributed by atoms with Crippen LogP contribution in [0, 0.1) is 28.6 Å². The lowest BCUT2D eigenvalue weighted by molar-refractivity contribution is -0.149. The molecule has 0 aromatic rings. The Labute approximate surface area is 144 Å². The van der Waals surface area contributed by atoms with Crippen LogP contribution in [0.25, 0.3) is 0 Å². The van der Waals surface area contributed by atoms with Crippen molar-refractivity contribution in [2.75, 3.05) is 27.1 Å². The van der Waals surface area contributed by atoms with Crippen molar-refractivity contribution in [3.05, 3.63) is 12.2 Å². The van der Waals surface area contributed by atoms with Crippen molar-refractivity contribution in [2.24, 2.45) is 28.6 Å². The van der Waals surface area contributed by atoms with Gasteiger partial charge in [-0.15, -0.1) is 0 Å². The summed E-state index contributed by atoms with van der Waals surface area (Å²) in [6.07, 6.45) is 5.63. The Balaban J connectivity index is 2.32. The van der Waals surface area contributed by atoms with E-state index in [9.17, 15) is 14.7 Å². The number of hydrogen-bond acceptors (Lipinski definition) is 5. The van der Waals surface area contributed by atoms with Gasteiger partial charge < -0.3 is 14.6 Å². The monoisotopic (exact) mass is 338 g/mol. The molecule has 2 rings (SSSR count). The fraction of sp³-hybridized carbons (Fsp3) is 0.789. The molecule has 1 unspecified atom stereocenters. The molecule has 0 saturated heterocycles. The summed E-state index contributed by atoms with van der Waals surface area (Å²) in [4.78, 5) is 24.9. The third-order valence-corrected chi connectivity index (χ3v) is 6.20. The summed E-state index contributed by atoms with van der Waals surface area (Å²) in [7, 11) is 1.59. The Hall–Kier alpha value is -1.04. The first-order chi connectivity index (χ1) is 11.3. The van der Waals surface area contributed by atoms with Gasteiger partial charge in [-0.1, -0.05) is 26.8 Å². The first kappa shape index (κ1) is 19.3. The summed E-state index contributed by atoms with van der Waals surface area (Å²) < 4.78 is 10.3. The second-order valence-electron chi connectivity index (χ2n) is 7.75. The van der Waals surface area contributed by atoms with E-state index in [1.807, 2.05) is 26.8 Å². The molecule has 0 radical (unpaired) electrons. The Morgan fingerprint density at radius 2 is 2.04 bits per heavy atom. The number of Topliss-reactive ketones (excluding diaryl/α,β-unsaturated/α-hetero) is 1. The number of methoxy groups -OCH3 is 1. The minimum Gasteiger partial charge on any atom is -0.396 e. The van der Waals surface area contributed by atoms with Crippen LogP contribution in [0.1, 0.15) is 40.0 Å². The number of rotatable bonds is 7. The smallest absolute Gasteiger partial charge is 0.161 e. The number of fused-ring (bicyclic) bond motifs is 1. The third-order valence-electron chi connectivity index (χ3n) is 6.20. The van der Waals surface area contributed by atoms with E-state index in [4.69, 9.17) is 9.47 Å². The quantitative estimate of drug-likeness (QED) is 0.570. The zero-order valence-electron chi connectivity index (χ0n) is 15.2. The van der Waals surface area contributed by atoms with E-state index in [-0.39, 0.29) is 48.1 Å². The van der Waals surface area contributed by atoms with E-state index in [0.717, 1.165) is 12.8 Å². The number of aliphatic hydroxyl groups is 1. The zero-order chi connectivity index (χ0) is 18.0. The lowest BCUT2D eigenvalue weighted by Crippen LogP contribution is -2.57. The molecule has 1 N–H and O–H groups in total. The molecule has 1 saturated carbocycles. The number of ketones is 2. The zero-order valence-corrected chi connectivity index (χ0v) is 15.2. The second kappa shape index (κ2) is 7.46. The molecular weight excluding hydrogens is 308 g/mol. The van der Waals surface area contributed by atoms with E-state index >= 15 is 0 Å². The molecule has 2 aliphatic rings. The van der Waals surface area contributed by atoms with Crippen molar-refractivity contribution in [1.82, 2.24) is 0 Å². The van der Waals surface area contributed by atoms with Crippen molar-refractivity contribution in [2.45, 2.75) is 40.0 Å². The largest absolute Gasteiger partial charge is 0.396 e. The predicted molar refractivity (Wildman–Crippen MR) is 90.3 cm³/mol. The second-order valence-corrected chi connectivity index (χ2v) is 7.75. The van der Waals surface area contributed by atoms with Crippen LogP contribution in [0.3, 0.4) is 0 Å². The molecule has 0 spiro atoms. The average molecular weight is 338 g/mol. The molecule has 0 heterocycles. The molecule has 1 fully saturated rings. The Morgan fingerprint density at radius 3 is 2.67 bits per heavy atom. The van der Waals surface area contributed by atoms with Crippen molar-refractivity contribution in [3.63, 3.8) is 0 Å². The minimum absolute atomic E-state index is 0.0447. The third kappa shape index (κ3) is 3.22. The summed E-state index contributed by atoms with van der Waals surface area (Å²) >= 11 is 0. The molecule has 0 aromatic heterocycles. The van der Waals surface area contributed by atoms with Gasteiger partial charge in [0, 0.05) is 44.0 Å². The van der Waals surface area contributed by atoms with Crippen LogP contribution in [0.2, 0.25) is 0 Å². The van der Waals surface area contributed by atoms with Crippen LogP contribution in [-0.2, 0) is 19.1 Å². The number of hydrogen-bond donors (Lipinski definition) is 1. The van der Waals surface area contributed by atoms with Gasteiger partial charge in [-0.25, -0.2) is 0 Å². The van der Waals surface area contributed by atoms with E-state index in [0.29, 0.717) is 13.0 Å². The normalized spacial score (nSPS) is 35.1. The highest BCUT2D eigenvalue weighted by Crippen LogP contribution is 2.58. The van der Waals surface area contributed by atoms with E-state index in [2.05, 4.69) is 0 Å². The van der Waals surface area contributed by atoms with E-state index < -0.39 is 5.41 Å². The molecule has 0 amide bonds. The van der Waals surface area contributed by atoms with E-state index in [1.54, 1.807) is 13.2 Å². The highest BCUT2D eigenvalue weighted by molar-refractivity contribution is 5.97. The summed E-state index contributed by atoms with van der Waals surface area (Å²) in [5.41, 5.74) is -0.929. The summed E-state index contributed by atoms with van der Waals surface area (Å²) in [6, 6.07) is 0. The van der Waals surface area contributed by atoms with Gasteiger partial charge in [0.05, 0.1) is 0 Å². The summed E-state index contributed by atoms with van der Waals surface area (Å²) in [5, 5.41) is 10.0. The van der Waals surface area contributed by atoms with Gasteiger partial charge in [0.1, 0.15) is 12.6 Å².